The number of esters is 1. The van der Waals surface area contributed by atoms with Crippen LogP contribution in [-0.4, -0.2) is 44.5 Å². The normalized spacial score (nSPS) is 11.4. The number of ether oxygens (including phenoxy) is 2. The summed E-state index contributed by atoms with van der Waals surface area (Å²) in [6.07, 6.45) is -2.26. The summed E-state index contributed by atoms with van der Waals surface area (Å²) in [4.78, 5) is 11.9. The number of aromatic nitrogens is 5. The van der Waals surface area contributed by atoms with Crippen molar-refractivity contribution in [2.75, 3.05) is 13.7 Å². The Morgan fingerprint density at radius 3 is 2.30 bits per heavy atom. The minimum Gasteiger partial charge on any atom is -0.497 e. The summed E-state index contributed by atoms with van der Waals surface area (Å²) in [5, 5.41) is 12.0. The van der Waals surface area contributed by atoms with Crippen LogP contribution in [0, 0.1) is 0 Å². The fourth-order valence-corrected chi connectivity index (χ4v) is 3.21. The third-order valence-corrected chi connectivity index (χ3v) is 4.77. The van der Waals surface area contributed by atoms with E-state index < -0.39 is 23.4 Å². The summed E-state index contributed by atoms with van der Waals surface area (Å²) in [5.41, 5.74) is 0.309. The standard InChI is InChI=1S/C22H18F3N5O3/c1-3-33-21(31)18-12-26-30(20(18)22(23,24)25)16-8-6-15(7-9-16)29-13-19(27-28-29)14-4-10-17(32-2)11-5-14/h4-13H,3H2,1-2H3. The number of nitrogens with zero attached hydrogens (tertiary/aromatic N) is 5. The molecule has 0 unspecified atom stereocenters. The van der Waals surface area contributed by atoms with E-state index in [0.717, 1.165) is 11.8 Å². The molecule has 2 aromatic carbocycles. The summed E-state index contributed by atoms with van der Waals surface area (Å²) in [6.45, 7) is 1.46. The van der Waals surface area contributed by atoms with Gasteiger partial charge in [-0.05, 0) is 55.5 Å². The minimum absolute atomic E-state index is 0.0492. The van der Waals surface area contributed by atoms with Gasteiger partial charge in [0.2, 0.25) is 0 Å². The predicted octanol–water partition coefficient (Wildman–Crippen LogP) is 4.32. The first-order valence-corrected chi connectivity index (χ1v) is 9.81. The molecule has 0 amide bonds. The van der Waals surface area contributed by atoms with E-state index in [2.05, 4.69) is 15.4 Å². The van der Waals surface area contributed by atoms with Crippen LogP contribution in [0.5, 0.6) is 5.75 Å². The maximum Gasteiger partial charge on any atom is 0.434 e. The third kappa shape index (κ3) is 4.43. The molecule has 0 spiro atoms. The number of carbonyl (C=O) groups is 1. The molecule has 0 aliphatic rings. The monoisotopic (exact) mass is 457 g/mol. The van der Waals surface area contributed by atoms with Gasteiger partial charge in [0.05, 0.1) is 37.5 Å². The van der Waals surface area contributed by atoms with Crippen LogP contribution in [0.3, 0.4) is 0 Å². The maximum atomic E-state index is 13.7. The molecule has 2 heterocycles. The zero-order chi connectivity index (χ0) is 23.6. The molecular formula is C22H18F3N5O3. The topological polar surface area (TPSA) is 84.1 Å². The third-order valence-electron chi connectivity index (χ3n) is 4.77. The Kier molecular flexibility index (Phi) is 5.86. The molecule has 0 atom stereocenters. The molecule has 4 aromatic rings. The summed E-state index contributed by atoms with van der Waals surface area (Å²) in [5.74, 6) is -0.369. The zero-order valence-corrected chi connectivity index (χ0v) is 17.6. The van der Waals surface area contributed by atoms with Crippen LogP contribution in [0.4, 0.5) is 13.2 Å². The van der Waals surface area contributed by atoms with E-state index in [4.69, 9.17) is 9.47 Å². The molecule has 11 heteroatoms. The zero-order valence-electron chi connectivity index (χ0n) is 17.6. The van der Waals surface area contributed by atoms with Crippen molar-refractivity contribution in [3.8, 4) is 28.4 Å². The van der Waals surface area contributed by atoms with Gasteiger partial charge >= 0.3 is 12.1 Å². The molecule has 8 nitrogen and oxygen atoms in total. The largest absolute Gasteiger partial charge is 0.497 e. The highest BCUT2D eigenvalue weighted by molar-refractivity contribution is 5.90. The lowest BCUT2D eigenvalue weighted by Crippen LogP contribution is -2.18. The van der Waals surface area contributed by atoms with Gasteiger partial charge in [0.25, 0.3) is 0 Å². The van der Waals surface area contributed by atoms with E-state index >= 15 is 0 Å². The van der Waals surface area contributed by atoms with Gasteiger partial charge in [0.15, 0.2) is 5.69 Å². The van der Waals surface area contributed by atoms with Crippen LogP contribution < -0.4 is 4.74 Å². The van der Waals surface area contributed by atoms with Crippen molar-refractivity contribution in [2.45, 2.75) is 13.1 Å². The van der Waals surface area contributed by atoms with Gasteiger partial charge in [-0.3, -0.25) is 0 Å². The molecule has 0 bridgehead atoms. The SMILES string of the molecule is CCOC(=O)c1cnn(-c2ccc(-n3cc(-c4ccc(OC)cc4)nn3)cc2)c1C(F)(F)F. The Morgan fingerprint density at radius 2 is 1.70 bits per heavy atom. The Bertz CT molecular complexity index is 1260. The highest BCUT2D eigenvalue weighted by atomic mass is 19.4. The summed E-state index contributed by atoms with van der Waals surface area (Å²) in [7, 11) is 1.58. The molecule has 2 aromatic heterocycles. The molecule has 0 N–H and O–H groups in total. The minimum atomic E-state index is -4.81. The van der Waals surface area contributed by atoms with Crippen molar-refractivity contribution >= 4 is 5.97 Å². The molecule has 33 heavy (non-hydrogen) atoms. The van der Waals surface area contributed by atoms with Crippen LogP contribution in [0.1, 0.15) is 23.0 Å². The van der Waals surface area contributed by atoms with Crippen LogP contribution in [0.15, 0.2) is 60.9 Å². The van der Waals surface area contributed by atoms with Crippen LogP contribution >= 0.6 is 0 Å². The van der Waals surface area contributed by atoms with Crippen LogP contribution in [0.25, 0.3) is 22.6 Å². The van der Waals surface area contributed by atoms with Gasteiger partial charge in [-0.2, -0.15) is 18.3 Å². The van der Waals surface area contributed by atoms with E-state index in [-0.39, 0.29) is 12.3 Å². The molecule has 0 aliphatic heterocycles. The first kappa shape index (κ1) is 22.1. The van der Waals surface area contributed by atoms with E-state index in [0.29, 0.717) is 21.8 Å². The fourth-order valence-electron chi connectivity index (χ4n) is 3.21. The summed E-state index contributed by atoms with van der Waals surface area (Å²) in [6, 6.07) is 13.3. The van der Waals surface area contributed by atoms with Gasteiger partial charge in [0.1, 0.15) is 17.0 Å². The number of hydrogen-bond donors (Lipinski definition) is 0. The number of benzene rings is 2. The molecule has 0 fully saturated rings. The Morgan fingerprint density at radius 1 is 1.03 bits per heavy atom. The second-order valence-corrected chi connectivity index (χ2v) is 6.83. The lowest BCUT2D eigenvalue weighted by atomic mass is 10.1. The highest BCUT2D eigenvalue weighted by Gasteiger charge is 2.41. The Balaban J connectivity index is 1.63. The number of alkyl halides is 3. The van der Waals surface area contributed by atoms with Crippen molar-refractivity contribution < 1.29 is 27.4 Å². The number of halogens is 3. The van der Waals surface area contributed by atoms with Gasteiger partial charge in [-0.15, -0.1) is 5.10 Å². The predicted molar refractivity (Wildman–Crippen MR) is 111 cm³/mol. The van der Waals surface area contributed by atoms with Gasteiger partial charge in [-0.1, -0.05) is 5.21 Å². The molecule has 170 valence electrons. The molecule has 4 rings (SSSR count). The second kappa shape index (κ2) is 8.77. The van der Waals surface area contributed by atoms with E-state index in [1.165, 1.54) is 23.7 Å². The van der Waals surface area contributed by atoms with Crippen molar-refractivity contribution in [2.24, 2.45) is 0 Å². The smallest absolute Gasteiger partial charge is 0.434 e. The first-order chi connectivity index (χ1) is 15.8. The summed E-state index contributed by atoms with van der Waals surface area (Å²) < 4.78 is 53.1. The molecule has 0 aliphatic carbocycles. The van der Waals surface area contributed by atoms with Crippen LogP contribution in [-0.2, 0) is 10.9 Å². The lowest BCUT2D eigenvalue weighted by Gasteiger charge is -2.12. The van der Waals surface area contributed by atoms with Crippen molar-refractivity contribution in [3.05, 3.63) is 72.2 Å². The number of methoxy groups -OCH3 is 1. The molecule has 0 radical (unpaired) electrons. The van der Waals surface area contributed by atoms with E-state index in [1.807, 2.05) is 12.1 Å². The molecule has 0 saturated carbocycles. The van der Waals surface area contributed by atoms with Crippen molar-refractivity contribution in [1.82, 2.24) is 24.8 Å². The summed E-state index contributed by atoms with van der Waals surface area (Å²) >= 11 is 0. The van der Waals surface area contributed by atoms with E-state index in [1.54, 1.807) is 37.6 Å². The van der Waals surface area contributed by atoms with Crippen molar-refractivity contribution in [1.29, 1.82) is 0 Å². The second-order valence-electron chi connectivity index (χ2n) is 6.83. The number of hydrogen-bond acceptors (Lipinski definition) is 6. The van der Waals surface area contributed by atoms with Gasteiger partial charge in [-0.25, -0.2) is 14.2 Å². The number of carbonyl (C=O) groups excluding carboxylic acids is 1. The Labute approximate surface area is 186 Å². The average Bonchev–Trinajstić information content (AvgIpc) is 3.47. The van der Waals surface area contributed by atoms with E-state index in [9.17, 15) is 18.0 Å². The first-order valence-electron chi connectivity index (χ1n) is 9.81. The van der Waals surface area contributed by atoms with Gasteiger partial charge in [0, 0.05) is 5.56 Å². The van der Waals surface area contributed by atoms with Gasteiger partial charge < -0.3 is 9.47 Å². The lowest BCUT2D eigenvalue weighted by molar-refractivity contribution is -0.143. The fraction of sp³-hybridized carbons (Fsp3) is 0.182. The Hall–Kier alpha value is -4.15. The molecular weight excluding hydrogens is 439 g/mol. The van der Waals surface area contributed by atoms with Crippen molar-refractivity contribution in [3.63, 3.8) is 0 Å². The van der Waals surface area contributed by atoms with Crippen LogP contribution in [0.2, 0.25) is 0 Å². The highest BCUT2D eigenvalue weighted by Crippen LogP contribution is 2.34. The molecule has 0 saturated heterocycles. The average molecular weight is 457 g/mol. The number of rotatable bonds is 6. The quantitative estimate of drug-likeness (QED) is 0.401. The maximum absolute atomic E-state index is 13.7.